The first-order valence-electron chi connectivity index (χ1n) is 2.08. The maximum absolute atomic E-state index is 10.1. The van der Waals surface area contributed by atoms with E-state index in [1.165, 1.54) is 0 Å². The maximum atomic E-state index is 10.1. The standard InChI is InChI=1S/C4H4O4/c5-1-2(6)4(8)3(1)7/h1,4-5,8H. The van der Waals surface area contributed by atoms with Gasteiger partial charge < -0.3 is 10.2 Å². The van der Waals surface area contributed by atoms with Crippen LogP contribution >= 0.6 is 0 Å². The molecule has 1 fully saturated rings. The molecule has 1 rings (SSSR count). The Morgan fingerprint density at radius 1 is 1.00 bits per heavy atom. The lowest BCUT2D eigenvalue weighted by Gasteiger charge is -2.22. The van der Waals surface area contributed by atoms with Crippen LogP contribution in [0.4, 0.5) is 0 Å². The second-order valence-corrected chi connectivity index (χ2v) is 1.61. The normalized spacial score (nSPS) is 37.2. The van der Waals surface area contributed by atoms with Crippen molar-refractivity contribution in [2.24, 2.45) is 0 Å². The molecule has 4 nitrogen and oxygen atoms in total. The predicted octanol–water partition coefficient (Wildman–Crippen LogP) is -2.14. The quantitative estimate of drug-likeness (QED) is 0.354. The van der Waals surface area contributed by atoms with Gasteiger partial charge in [0.05, 0.1) is 0 Å². The van der Waals surface area contributed by atoms with Crippen LogP contribution in [0.2, 0.25) is 0 Å². The highest BCUT2D eigenvalue weighted by atomic mass is 16.3. The van der Waals surface area contributed by atoms with Crippen LogP contribution in [-0.4, -0.2) is 34.0 Å². The van der Waals surface area contributed by atoms with Crippen molar-refractivity contribution < 1.29 is 19.8 Å². The van der Waals surface area contributed by atoms with Gasteiger partial charge >= 0.3 is 0 Å². The maximum Gasteiger partial charge on any atom is 0.205 e. The third kappa shape index (κ3) is 0.410. The molecule has 44 valence electrons. The summed E-state index contributed by atoms with van der Waals surface area (Å²) in [7, 11) is 0. The van der Waals surface area contributed by atoms with Crippen molar-refractivity contribution in [2.75, 3.05) is 0 Å². The molecule has 0 spiro atoms. The van der Waals surface area contributed by atoms with E-state index in [4.69, 9.17) is 10.2 Å². The number of Topliss-reactive ketones (excluding diaryl/α,β-unsaturated/α-hetero) is 2. The molecule has 0 aromatic rings. The van der Waals surface area contributed by atoms with Gasteiger partial charge in [0.2, 0.25) is 11.6 Å². The molecule has 1 aliphatic rings. The summed E-state index contributed by atoms with van der Waals surface area (Å²) in [6.45, 7) is 0. The Labute approximate surface area is 44.7 Å². The van der Waals surface area contributed by atoms with E-state index >= 15 is 0 Å². The average molecular weight is 116 g/mol. The number of aliphatic hydroxyl groups is 2. The SMILES string of the molecule is O=C1C(O)C(=O)C1O. The number of rotatable bonds is 0. The summed E-state index contributed by atoms with van der Waals surface area (Å²) < 4.78 is 0. The van der Waals surface area contributed by atoms with Gasteiger partial charge in [0.25, 0.3) is 0 Å². The fourth-order valence-electron chi connectivity index (χ4n) is 0.483. The minimum absolute atomic E-state index is 0.796. The van der Waals surface area contributed by atoms with Crippen molar-refractivity contribution in [3.05, 3.63) is 0 Å². The van der Waals surface area contributed by atoms with Gasteiger partial charge in [0.15, 0.2) is 12.2 Å². The van der Waals surface area contributed by atoms with E-state index in [0.717, 1.165) is 0 Å². The molecule has 0 unspecified atom stereocenters. The van der Waals surface area contributed by atoms with E-state index < -0.39 is 23.8 Å². The molecule has 0 radical (unpaired) electrons. The van der Waals surface area contributed by atoms with E-state index in [1.807, 2.05) is 0 Å². The van der Waals surface area contributed by atoms with Crippen molar-refractivity contribution in [3.8, 4) is 0 Å². The molecule has 0 amide bonds. The van der Waals surface area contributed by atoms with Crippen molar-refractivity contribution in [1.82, 2.24) is 0 Å². The lowest BCUT2D eigenvalue weighted by Crippen LogP contribution is -2.57. The summed E-state index contributed by atoms with van der Waals surface area (Å²) >= 11 is 0. The van der Waals surface area contributed by atoms with E-state index in [9.17, 15) is 9.59 Å². The molecule has 0 aliphatic heterocycles. The van der Waals surface area contributed by atoms with Crippen LogP contribution in [-0.2, 0) is 9.59 Å². The minimum Gasteiger partial charge on any atom is -0.377 e. The Bertz CT molecular complexity index is 120. The summed E-state index contributed by atoms with van der Waals surface area (Å²) in [6, 6.07) is 0. The predicted molar refractivity (Wildman–Crippen MR) is 22.0 cm³/mol. The van der Waals surface area contributed by atoms with Crippen LogP contribution in [0.15, 0.2) is 0 Å². The van der Waals surface area contributed by atoms with Gasteiger partial charge in [-0.05, 0) is 0 Å². The number of ketones is 2. The number of hydrogen-bond acceptors (Lipinski definition) is 4. The zero-order chi connectivity index (χ0) is 6.31. The molecule has 0 heterocycles. The largest absolute Gasteiger partial charge is 0.377 e. The molecule has 8 heavy (non-hydrogen) atoms. The van der Waals surface area contributed by atoms with Gasteiger partial charge in [-0.25, -0.2) is 0 Å². The summed E-state index contributed by atoms with van der Waals surface area (Å²) in [4.78, 5) is 20.1. The summed E-state index contributed by atoms with van der Waals surface area (Å²) in [5, 5.41) is 16.6. The Morgan fingerprint density at radius 3 is 1.38 bits per heavy atom. The fourth-order valence-corrected chi connectivity index (χ4v) is 0.483. The molecular weight excluding hydrogens is 112 g/mol. The molecule has 0 aromatic heterocycles. The summed E-state index contributed by atoms with van der Waals surface area (Å²) in [5.41, 5.74) is 0. The number of hydrogen-bond donors (Lipinski definition) is 2. The average Bonchev–Trinajstić information content (AvgIpc) is 1.83. The molecule has 0 atom stereocenters. The molecule has 4 heteroatoms. The van der Waals surface area contributed by atoms with Gasteiger partial charge in [0.1, 0.15) is 0 Å². The van der Waals surface area contributed by atoms with Crippen LogP contribution in [0.1, 0.15) is 0 Å². The Balaban J connectivity index is 2.68. The first-order chi connectivity index (χ1) is 3.64. The highest BCUT2D eigenvalue weighted by Gasteiger charge is 2.46. The summed E-state index contributed by atoms with van der Waals surface area (Å²) in [5.74, 6) is -1.59. The van der Waals surface area contributed by atoms with Gasteiger partial charge in [-0.2, -0.15) is 0 Å². The molecule has 1 saturated carbocycles. The number of carbonyl (C=O) groups is 2. The second-order valence-electron chi connectivity index (χ2n) is 1.61. The van der Waals surface area contributed by atoms with Gasteiger partial charge in [-0.1, -0.05) is 0 Å². The molecular formula is C4H4O4. The Hall–Kier alpha value is -0.740. The van der Waals surface area contributed by atoms with Gasteiger partial charge in [-0.15, -0.1) is 0 Å². The first kappa shape index (κ1) is 5.40. The zero-order valence-corrected chi connectivity index (χ0v) is 3.87. The number of aliphatic hydroxyl groups excluding tert-OH is 2. The molecule has 1 aliphatic carbocycles. The van der Waals surface area contributed by atoms with Crippen LogP contribution in [0.25, 0.3) is 0 Å². The van der Waals surface area contributed by atoms with Crippen molar-refractivity contribution in [1.29, 1.82) is 0 Å². The highest BCUT2D eigenvalue weighted by Crippen LogP contribution is 2.09. The Morgan fingerprint density at radius 2 is 1.25 bits per heavy atom. The second kappa shape index (κ2) is 1.37. The highest BCUT2D eigenvalue weighted by molar-refractivity contribution is 6.28. The topological polar surface area (TPSA) is 74.6 Å². The van der Waals surface area contributed by atoms with Crippen molar-refractivity contribution in [2.45, 2.75) is 12.2 Å². The number of carbonyl (C=O) groups excluding carboxylic acids is 2. The third-order valence-electron chi connectivity index (χ3n) is 1.08. The van der Waals surface area contributed by atoms with Crippen molar-refractivity contribution >= 4 is 11.6 Å². The summed E-state index contributed by atoms with van der Waals surface area (Å²) in [6.07, 6.45) is -3.10. The van der Waals surface area contributed by atoms with Crippen LogP contribution in [0, 0.1) is 0 Å². The van der Waals surface area contributed by atoms with E-state index in [1.54, 1.807) is 0 Å². The van der Waals surface area contributed by atoms with Crippen LogP contribution < -0.4 is 0 Å². The van der Waals surface area contributed by atoms with E-state index in [2.05, 4.69) is 0 Å². The van der Waals surface area contributed by atoms with Gasteiger partial charge in [0, 0.05) is 0 Å². The van der Waals surface area contributed by atoms with Crippen molar-refractivity contribution in [3.63, 3.8) is 0 Å². The molecule has 2 N–H and O–H groups in total. The Kier molecular flexibility index (Phi) is 0.922. The molecule has 0 saturated heterocycles. The molecule has 0 aromatic carbocycles. The lowest BCUT2D eigenvalue weighted by molar-refractivity contribution is -0.163. The monoisotopic (exact) mass is 116 g/mol. The fraction of sp³-hybridized carbons (Fsp3) is 0.500. The van der Waals surface area contributed by atoms with Crippen LogP contribution in [0.5, 0.6) is 0 Å². The van der Waals surface area contributed by atoms with Crippen LogP contribution in [0.3, 0.4) is 0 Å². The van der Waals surface area contributed by atoms with E-state index in [-0.39, 0.29) is 0 Å². The van der Waals surface area contributed by atoms with E-state index in [0.29, 0.717) is 0 Å². The smallest absolute Gasteiger partial charge is 0.205 e. The zero-order valence-electron chi connectivity index (χ0n) is 3.87. The first-order valence-corrected chi connectivity index (χ1v) is 2.08. The van der Waals surface area contributed by atoms with Gasteiger partial charge in [-0.3, -0.25) is 9.59 Å². The lowest BCUT2D eigenvalue weighted by atomic mass is 9.89. The minimum atomic E-state index is -1.55. The third-order valence-corrected chi connectivity index (χ3v) is 1.08. The molecule has 0 bridgehead atoms.